The summed E-state index contributed by atoms with van der Waals surface area (Å²) in [7, 11) is 0. The molecule has 0 spiro atoms. The van der Waals surface area contributed by atoms with Crippen LogP contribution in [0.15, 0.2) is 48.5 Å². The molecule has 0 saturated carbocycles. The van der Waals surface area contributed by atoms with Crippen molar-refractivity contribution < 1.29 is 0 Å². The van der Waals surface area contributed by atoms with Crippen molar-refractivity contribution in [3.63, 3.8) is 0 Å². The Balaban J connectivity index is 1.96. The average Bonchev–Trinajstić information content (AvgIpc) is 2.49. The molecule has 1 N–H and O–H groups in total. The first-order valence-corrected chi connectivity index (χ1v) is 7.21. The largest absolute Gasteiger partial charge is 0.317 e. The number of hydrogen-bond donors (Lipinski definition) is 1. The van der Waals surface area contributed by atoms with E-state index >= 15 is 0 Å². The van der Waals surface area contributed by atoms with Gasteiger partial charge in [0.1, 0.15) is 0 Å². The lowest BCUT2D eigenvalue weighted by molar-refractivity contribution is 0.460. The third-order valence-electron chi connectivity index (χ3n) is 4.16. The van der Waals surface area contributed by atoms with Gasteiger partial charge in [0.25, 0.3) is 0 Å². The lowest BCUT2D eigenvalue weighted by Crippen LogP contribution is -2.26. The standard InChI is InChI=1S/C18H21N/c1-14-7-8-17(15-9-11-19-12-10-15)13-18(14)16-5-3-2-4-6-16/h2-8,13,15,19H,9-12H2,1H3. The summed E-state index contributed by atoms with van der Waals surface area (Å²) in [5.41, 5.74) is 5.59. The Labute approximate surface area is 115 Å². The predicted octanol–water partition coefficient (Wildman–Crippen LogP) is 4.13. The van der Waals surface area contributed by atoms with Gasteiger partial charge in [0, 0.05) is 0 Å². The highest BCUT2D eigenvalue weighted by atomic mass is 14.9. The summed E-state index contributed by atoms with van der Waals surface area (Å²) in [6.45, 7) is 4.51. The Hall–Kier alpha value is -1.60. The maximum Gasteiger partial charge on any atom is -0.00431 e. The number of benzene rings is 2. The predicted molar refractivity (Wildman–Crippen MR) is 81.5 cm³/mol. The summed E-state index contributed by atoms with van der Waals surface area (Å²) < 4.78 is 0. The molecule has 3 rings (SSSR count). The van der Waals surface area contributed by atoms with Crippen LogP contribution in [0.1, 0.15) is 29.9 Å². The van der Waals surface area contributed by atoms with Crippen LogP contribution < -0.4 is 5.32 Å². The number of aryl methyl sites for hydroxylation is 1. The van der Waals surface area contributed by atoms with E-state index < -0.39 is 0 Å². The molecule has 1 aliphatic rings. The van der Waals surface area contributed by atoms with E-state index in [1.807, 2.05) is 0 Å². The monoisotopic (exact) mass is 251 g/mol. The van der Waals surface area contributed by atoms with Crippen LogP contribution in [0.25, 0.3) is 11.1 Å². The van der Waals surface area contributed by atoms with Gasteiger partial charge in [-0.15, -0.1) is 0 Å². The molecule has 1 heteroatoms. The summed E-state index contributed by atoms with van der Waals surface area (Å²) in [6.07, 6.45) is 2.52. The van der Waals surface area contributed by atoms with E-state index in [9.17, 15) is 0 Å². The van der Waals surface area contributed by atoms with E-state index in [4.69, 9.17) is 0 Å². The molecule has 0 aromatic heterocycles. The van der Waals surface area contributed by atoms with Gasteiger partial charge in [0.05, 0.1) is 0 Å². The molecule has 0 aliphatic carbocycles. The number of hydrogen-bond acceptors (Lipinski definition) is 1. The molecule has 0 bridgehead atoms. The fraction of sp³-hybridized carbons (Fsp3) is 0.333. The molecule has 98 valence electrons. The topological polar surface area (TPSA) is 12.0 Å². The molecule has 0 radical (unpaired) electrons. The Morgan fingerprint density at radius 2 is 1.68 bits per heavy atom. The van der Waals surface area contributed by atoms with Gasteiger partial charge in [-0.2, -0.15) is 0 Å². The maximum atomic E-state index is 3.44. The van der Waals surface area contributed by atoms with Crippen LogP contribution >= 0.6 is 0 Å². The van der Waals surface area contributed by atoms with Crippen molar-refractivity contribution in [2.24, 2.45) is 0 Å². The van der Waals surface area contributed by atoms with Crippen LogP contribution in [0.3, 0.4) is 0 Å². The van der Waals surface area contributed by atoms with Crippen LogP contribution in [-0.2, 0) is 0 Å². The quantitative estimate of drug-likeness (QED) is 0.846. The molecule has 0 amide bonds. The zero-order chi connectivity index (χ0) is 13.1. The van der Waals surface area contributed by atoms with Crippen LogP contribution in [0, 0.1) is 6.92 Å². The molecule has 1 fully saturated rings. The van der Waals surface area contributed by atoms with Gasteiger partial charge in [-0.3, -0.25) is 0 Å². The molecule has 1 aliphatic heterocycles. The van der Waals surface area contributed by atoms with E-state index in [2.05, 4.69) is 60.8 Å². The van der Waals surface area contributed by atoms with Gasteiger partial charge in [0.15, 0.2) is 0 Å². The molecule has 1 nitrogen and oxygen atoms in total. The Kier molecular flexibility index (Phi) is 3.65. The lowest BCUT2D eigenvalue weighted by Gasteiger charge is -2.24. The van der Waals surface area contributed by atoms with Crippen molar-refractivity contribution in [1.29, 1.82) is 0 Å². The second-order valence-electron chi connectivity index (χ2n) is 5.46. The van der Waals surface area contributed by atoms with Crippen molar-refractivity contribution >= 4 is 0 Å². The third kappa shape index (κ3) is 2.71. The van der Waals surface area contributed by atoms with E-state index in [1.54, 1.807) is 0 Å². The molecule has 2 aromatic carbocycles. The second kappa shape index (κ2) is 5.58. The second-order valence-corrected chi connectivity index (χ2v) is 5.46. The van der Waals surface area contributed by atoms with Crippen LogP contribution in [-0.4, -0.2) is 13.1 Å². The van der Waals surface area contributed by atoms with Gasteiger partial charge in [-0.1, -0.05) is 48.5 Å². The van der Waals surface area contributed by atoms with Gasteiger partial charge in [-0.25, -0.2) is 0 Å². The Morgan fingerprint density at radius 1 is 0.947 bits per heavy atom. The first-order chi connectivity index (χ1) is 9.34. The van der Waals surface area contributed by atoms with E-state index in [1.165, 1.54) is 35.1 Å². The Bertz CT molecular complexity index is 539. The normalized spacial score (nSPS) is 16.5. The highest BCUT2D eigenvalue weighted by molar-refractivity contribution is 5.68. The minimum absolute atomic E-state index is 0.726. The molecule has 1 heterocycles. The van der Waals surface area contributed by atoms with Crippen molar-refractivity contribution in [2.75, 3.05) is 13.1 Å². The number of nitrogens with one attached hydrogen (secondary N) is 1. The van der Waals surface area contributed by atoms with Crippen LogP contribution in [0.2, 0.25) is 0 Å². The van der Waals surface area contributed by atoms with Gasteiger partial charge < -0.3 is 5.32 Å². The van der Waals surface area contributed by atoms with Gasteiger partial charge >= 0.3 is 0 Å². The first kappa shape index (κ1) is 12.4. The molecular formula is C18H21N. The lowest BCUT2D eigenvalue weighted by atomic mass is 9.87. The highest BCUT2D eigenvalue weighted by Crippen LogP contribution is 2.31. The molecule has 19 heavy (non-hydrogen) atoms. The number of piperidine rings is 1. The van der Waals surface area contributed by atoms with Crippen molar-refractivity contribution in [1.82, 2.24) is 5.32 Å². The Morgan fingerprint density at radius 3 is 2.42 bits per heavy atom. The maximum absolute atomic E-state index is 3.44. The minimum Gasteiger partial charge on any atom is -0.317 e. The molecule has 0 unspecified atom stereocenters. The van der Waals surface area contributed by atoms with Crippen LogP contribution in [0.4, 0.5) is 0 Å². The van der Waals surface area contributed by atoms with Crippen molar-refractivity contribution in [3.05, 3.63) is 59.7 Å². The zero-order valence-electron chi connectivity index (χ0n) is 11.5. The zero-order valence-corrected chi connectivity index (χ0v) is 11.5. The van der Waals surface area contributed by atoms with Gasteiger partial charge in [0.2, 0.25) is 0 Å². The fourth-order valence-corrected chi connectivity index (χ4v) is 2.98. The first-order valence-electron chi connectivity index (χ1n) is 7.21. The number of rotatable bonds is 2. The molecule has 1 saturated heterocycles. The highest BCUT2D eigenvalue weighted by Gasteiger charge is 2.16. The molecular weight excluding hydrogens is 230 g/mol. The van der Waals surface area contributed by atoms with Crippen molar-refractivity contribution in [2.45, 2.75) is 25.7 Å². The van der Waals surface area contributed by atoms with E-state index in [0.717, 1.165) is 19.0 Å². The SMILES string of the molecule is Cc1ccc(C2CCNCC2)cc1-c1ccccc1. The van der Waals surface area contributed by atoms with Crippen LogP contribution in [0.5, 0.6) is 0 Å². The smallest absolute Gasteiger partial charge is 0.00431 e. The summed E-state index contributed by atoms with van der Waals surface area (Å²) in [5.74, 6) is 0.726. The van der Waals surface area contributed by atoms with Gasteiger partial charge in [-0.05, 0) is 61.0 Å². The van der Waals surface area contributed by atoms with Crippen molar-refractivity contribution in [3.8, 4) is 11.1 Å². The average molecular weight is 251 g/mol. The van der Waals surface area contributed by atoms with E-state index in [0.29, 0.717) is 0 Å². The summed E-state index contributed by atoms with van der Waals surface area (Å²) in [6, 6.07) is 17.7. The minimum atomic E-state index is 0.726. The van der Waals surface area contributed by atoms with E-state index in [-0.39, 0.29) is 0 Å². The third-order valence-corrected chi connectivity index (χ3v) is 4.16. The molecule has 2 aromatic rings. The fourth-order valence-electron chi connectivity index (χ4n) is 2.98. The summed E-state index contributed by atoms with van der Waals surface area (Å²) in [5, 5.41) is 3.44. The molecule has 0 atom stereocenters. The summed E-state index contributed by atoms with van der Waals surface area (Å²) >= 11 is 0. The summed E-state index contributed by atoms with van der Waals surface area (Å²) in [4.78, 5) is 0.